The highest BCUT2D eigenvalue weighted by molar-refractivity contribution is 6.13. The van der Waals surface area contributed by atoms with Gasteiger partial charge in [0.05, 0.1) is 17.6 Å². The van der Waals surface area contributed by atoms with E-state index in [1.807, 2.05) is 0 Å². The molecule has 0 saturated carbocycles. The number of benzene rings is 1. The zero-order valence-corrected chi connectivity index (χ0v) is 10.4. The molecule has 0 spiro atoms. The van der Waals surface area contributed by atoms with Gasteiger partial charge in [0, 0.05) is 11.7 Å². The summed E-state index contributed by atoms with van der Waals surface area (Å²) < 4.78 is 56.2. The maximum Gasteiger partial charge on any atom is 0.368 e. The lowest BCUT2D eigenvalue weighted by atomic mass is 10.0. The number of aromatic amines is 1. The number of halogens is 4. The molecular formula is C13H11F4NO2. The first-order valence-electron chi connectivity index (χ1n) is 5.83. The standard InChI is InChI=1S/C13H11F4NO2/c1-2-20-9-5-3-4-8-10(9)7(6-18-8)11(19)13(16,17)12(14)15/h3-6,12,18H,2H2,1H3. The molecule has 0 aliphatic heterocycles. The Labute approximate surface area is 111 Å². The van der Waals surface area contributed by atoms with Crippen molar-refractivity contribution in [3.63, 3.8) is 0 Å². The molecule has 20 heavy (non-hydrogen) atoms. The summed E-state index contributed by atoms with van der Waals surface area (Å²) in [6.45, 7) is 1.93. The van der Waals surface area contributed by atoms with Crippen molar-refractivity contribution in [2.75, 3.05) is 6.61 Å². The summed E-state index contributed by atoms with van der Waals surface area (Å²) in [4.78, 5) is 14.2. The van der Waals surface area contributed by atoms with Gasteiger partial charge in [0.15, 0.2) is 0 Å². The van der Waals surface area contributed by atoms with E-state index in [4.69, 9.17) is 4.74 Å². The van der Waals surface area contributed by atoms with Crippen molar-refractivity contribution in [2.45, 2.75) is 19.3 Å². The van der Waals surface area contributed by atoms with Gasteiger partial charge in [-0.1, -0.05) is 6.07 Å². The number of nitrogens with one attached hydrogen (secondary N) is 1. The van der Waals surface area contributed by atoms with E-state index in [9.17, 15) is 22.4 Å². The van der Waals surface area contributed by atoms with Gasteiger partial charge in [-0.05, 0) is 19.1 Å². The second-order valence-corrected chi connectivity index (χ2v) is 4.07. The SMILES string of the molecule is CCOc1cccc2[nH]cc(C(=O)C(F)(F)C(F)F)c12. The van der Waals surface area contributed by atoms with E-state index in [2.05, 4.69) is 4.98 Å². The molecule has 0 saturated heterocycles. The van der Waals surface area contributed by atoms with E-state index in [-0.39, 0.29) is 17.7 Å². The number of H-pyrrole nitrogens is 1. The summed E-state index contributed by atoms with van der Waals surface area (Å²) >= 11 is 0. The van der Waals surface area contributed by atoms with Gasteiger partial charge in [0.2, 0.25) is 5.78 Å². The van der Waals surface area contributed by atoms with E-state index in [0.717, 1.165) is 6.20 Å². The van der Waals surface area contributed by atoms with Crippen molar-refractivity contribution in [2.24, 2.45) is 0 Å². The van der Waals surface area contributed by atoms with Crippen molar-refractivity contribution < 1.29 is 27.1 Å². The maximum atomic E-state index is 13.2. The molecule has 0 bridgehead atoms. The van der Waals surface area contributed by atoms with E-state index < -0.39 is 23.7 Å². The van der Waals surface area contributed by atoms with Crippen molar-refractivity contribution in [3.8, 4) is 5.75 Å². The molecule has 1 heterocycles. The average molecular weight is 289 g/mol. The van der Waals surface area contributed by atoms with Crippen LogP contribution in [-0.4, -0.2) is 29.7 Å². The fourth-order valence-corrected chi connectivity index (χ4v) is 1.88. The van der Waals surface area contributed by atoms with E-state index in [1.165, 1.54) is 12.1 Å². The van der Waals surface area contributed by atoms with Crippen LogP contribution >= 0.6 is 0 Å². The molecule has 0 aliphatic carbocycles. The number of ketones is 1. The molecule has 0 atom stereocenters. The first-order valence-corrected chi connectivity index (χ1v) is 5.83. The van der Waals surface area contributed by atoms with Crippen molar-refractivity contribution >= 4 is 16.7 Å². The maximum absolute atomic E-state index is 13.2. The van der Waals surface area contributed by atoms with Crippen LogP contribution in [0.25, 0.3) is 10.9 Å². The van der Waals surface area contributed by atoms with Gasteiger partial charge in [-0.2, -0.15) is 8.78 Å². The molecular weight excluding hydrogens is 278 g/mol. The molecule has 0 unspecified atom stereocenters. The molecule has 2 aromatic rings. The van der Waals surface area contributed by atoms with Gasteiger partial charge in [-0.25, -0.2) is 8.78 Å². The van der Waals surface area contributed by atoms with Crippen LogP contribution < -0.4 is 4.74 Å². The minimum atomic E-state index is -4.73. The smallest absolute Gasteiger partial charge is 0.368 e. The Bertz CT molecular complexity index is 636. The summed E-state index contributed by atoms with van der Waals surface area (Å²) in [5.41, 5.74) is -0.140. The van der Waals surface area contributed by atoms with Crippen LogP contribution in [0.4, 0.5) is 17.6 Å². The number of hydrogen-bond acceptors (Lipinski definition) is 2. The monoisotopic (exact) mass is 289 g/mol. The van der Waals surface area contributed by atoms with Gasteiger partial charge in [0.1, 0.15) is 5.75 Å². The second kappa shape index (κ2) is 5.15. The molecule has 0 amide bonds. The van der Waals surface area contributed by atoms with Gasteiger partial charge in [0.25, 0.3) is 0 Å². The number of carbonyl (C=O) groups is 1. The summed E-state index contributed by atoms with van der Waals surface area (Å²) in [6.07, 6.45) is -3.06. The lowest BCUT2D eigenvalue weighted by molar-refractivity contribution is -0.0957. The first-order chi connectivity index (χ1) is 9.39. The van der Waals surface area contributed by atoms with E-state index in [1.54, 1.807) is 13.0 Å². The van der Waals surface area contributed by atoms with Crippen LogP contribution in [0, 0.1) is 0 Å². The highest BCUT2D eigenvalue weighted by Gasteiger charge is 2.49. The summed E-state index contributed by atoms with van der Waals surface area (Å²) in [5, 5.41) is 0.0830. The van der Waals surface area contributed by atoms with E-state index >= 15 is 0 Å². The van der Waals surface area contributed by atoms with Crippen LogP contribution in [0.2, 0.25) is 0 Å². The highest BCUT2D eigenvalue weighted by atomic mass is 19.3. The quantitative estimate of drug-likeness (QED) is 0.674. The number of Topliss-reactive ketones (excluding diaryl/α,β-unsaturated/α-hetero) is 1. The first kappa shape index (κ1) is 14.4. The Morgan fingerprint density at radius 2 is 2.10 bits per heavy atom. The Kier molecular flexibility index (Phi) is 3.69. The topological polar surface area (TPSA) is 42.1 Å². The predicted molar refractivity (Wildman–Crippen MR) is 64.7 cm³/mol. The number of hydrogen-bond donors (Lipinski definition) is 1. The van der Waals surface area contributed by atoms with Gasteiger partial charge in [-0.15, -0.1) is 0 Å². The van der Waals surface area contributed by atoms with Gasteiger partial charge >= 0.3 is 12.3 Å². The number of fused-ring (bicyclic) bond motifs is 1. The molecule has 7 heteroatoms. The Morgan fingerprint density at radius 3 is 2.70 bits per heavy atom. The lowest BCUT2D eigenvalue weighted by Crippen LogP contribution is -2.36. The highest BCUT2D eigenvalue weighted by Crippen LogP contribution is 2.34. The normalized spacial score (nSPS) is 12.1. The molecule has 1 aromatic heterocycles. The third-order valence-corrected chi connectivity index (χ3v) is 2.79. The van der Waals surface area contributed by atoms with Crippen molar-refractivity contribution in [1.29, 1.82) is 0 Å². The average Bonchev–Trinajstić information content (AvgIpc) is 2.82. The number of alkyl halides is 4. The molecule has 2 rings (SSSR count). The zero-order valence-electron chi connectivity index (χ0n) is 10.4. The van der Waals surface area contributed by atoms with Crippen molar-refractivity contribution in [1.82, 2.24) is 4.98 Å². The zero-order chi connectivity index (χ0) is 14.9. The minimum absolute atomic E-state index is 0.0830. The van der Waals surface area contributed by atoms with Crippen LogP contribution in [0.15, 0.2) is 24.4 Å². The fourth-order valence-electron chi connectivity index (χ4n) is 1.88. The largest absolute Gasteiger partial charge is 0.493 e. The van der Waals surface area contributed by atoms with Gasteiger partial charge in [-0.3, -0.25) is 4.79 Å². The van der Waals surface area contributed by atoms with Crippen LogP contribution in [0.5, 0.6) is 5.75 Å². The summed E-state index contributed by atoms with van der Waals surface area (Å²) in [5.74, 6) is -6.46. The number of aromatic nitrogens is 1. The van der Waals surface area contributed by atoms with Crippen LogP contribution in [-0.2, 0) is 0 Å². The Morgan fingerprint density at radius 1 is 1.40 bits per heavy atom. The van der Waals surface area contributed by atoms with Crippen molar-refractivity contribution in [3.05, 3.63) is 30.0 Å². The Hall–Kier alpha value is -2.05. The summed E-state index contributed by atoms with van der Waals surface area (Å²) in [7, 11) is 0. The number of rotatable bonds is 5. The summed E-state index contributed by atoms with van der Waals surface area (Å²) in [6, 6.07) is 4.62. The predicted octanol–water partition coefficient (Wildman–Crippen LogP) is 3.65. The fraction of sp³-hybridized carbons (Fsp3) is 0.308. The molecule has 3 nitrogen and oxygen atoms in total. The van der Waals surface area contributed by atoms with Gasteiger partial charge < -0.3 is 9.72 Å². The molecule has 0 aliphatic rings. The lowest BCUT2D eigenvalue weighted by Gasteiger charge is -2.13. The van der Waals surface area contributed by atoms with Crippen LogP contribution in [0.3, 0.4) is 0 Å². The second-order valence-electron chi connectivity index (χ2n) is 4.07. The third kappa shape index (κ3) is 2.23. The van der Waals surface area contributed by atoms with E-state index in [0.29, 0.717) is 5.52 Å². The number of ether oxygens (including phenoxy) is 1. The third-order valence-electron chi connectivity index (χ3n) is 2.79. The van der Waals surface area contributed by atoms with Crippen LogP contribution in [0.1, 0.15) is 17.3 Å². The molecule has 1 aromatic carbocycles. The Balaban J connectivity index is 2.58. The minimum Gasteiger partial charge on any atom is -0.493 e. The molecule has 1 N–H and O–H groups in total. The molecule has 0 radical (unpaired) electrons. The number of carbonyl (C=O) groups excluding carboxylic acids is 1. The molecule has 108 valence electrons. The molecule has 0 fully saturated rings.